The van der Waals surface area contributed by atoms with Gasteiger partial charge in [-0.25, -0.2) is 9.79 Å². The molecule has 2 nitrogen and oxygen atoms in total. The number of carbonyl (C=O) groups excluding carboxylic acids is 1. The molecule has 0 saturated heterocycles. The molecule has 0 aromatic rings. The van der Waals surface area contributed by atoms with Gasteiger partial charge in [0.25, 0.3) is 0 Å². The summed E-state index contributed by atoms with van der Waals surface area (Å²) in [6.45, 7) is 0. The van der Waals surface area contributed by atoms with Gasteiger partial charge >= 0.3 is 0 Å². The summed E-state index contributed by atoms with van der Waals surface area (Å²) in [4.78, 5) is 11.8. The minimum Gasteiger partial charge on any atom is -0.211 e. The van der Waals surface area contributed by atoms with E-state index in [-0.39, 0.29) is 9.90 Å². The van der Waals surface area contributed by atoms with Gasteiger partial charge in [-0.3, -0.25) is 0 Å². The SMILES string of the molecule is CN=C=O.[P]. The molecule has 5 heavy (non-hydrogen) atoms. The van der Waals surface area contributed by atoms with Crippen LogP contribution in [-0.2, 0) is 4.79 Å². The summed E-state index contributed by atoms with van der Waals surface area (Å²) >= 11 is 0. The number of isocyanates is 1. The second-order valence-corrected chi connectivity index (χ2v) is 0.315. The largest absolute Gasteiger partial charge is 0.234 e. The molecular formula is C2H3NOP. The summed E-state index contributed by atoms with van der Waals surface area (Å²) in [5.41, 5.74) is 0. The van der Waals surface area contributed by atoms with E-state index in [9.17, 15) is 0 Å². The summed E-state index contributed by atoms with van der Waals surface area (Å²) in [5.74, 6) is 0. The third kappa shape index (κ3) is 19.0. The zero-order valence-corrected chi connectivity index (χ0v) is 3.70. The lowest BCUT2D eigenvalue weighted by Crippen LogP contribution is -1.38. The Labute approximate surface area is 33.9 Å². The van der Waals surface area contributed by atoms with Gasteiger partial charge in [0.2, 0.25) is 6.08 Å². The van der Waals surface area contributed by atoms with Crippen molar-refractivity contribution in [2.24, 2.45) is 4.99 Å². The number of hydrogen-bond acceptors (Lipinski definition) is 2. The Balaban J connectivity index is 0. The molecule has 0 fully saturated rings. The predicted octanol–water partition coefficient (Wildman–Crippen LogP) is 0.813. The molecule has 0 saturated carbocycles. The fourth-order valence-electron chi connectivity index (χ4n) is 0. The van der Waals surface area contributed by atoms with Crippen molar-refractivity contribution in [3.05, 3.63) is 0 Å². The van der Waals surface area contributed by atoms with Gasteiger partial charge in [0.05, 0.1) is 0 Å². The minimum atomic E-state index is 0. The van der Waals surface area contributed by atoms with E-state index < -0.39 is 0 Å². The first-order chi connectivity index (χ1) is 1.91. The first-order valence-electron chi connectivity index (χ1n) is 0.875. The normalized spacial score (nSPS) is 3.40. The standard InChI is InChI=1S/C2H3NO.P/c1-3-2-4;/h1H3;. The Kier molecular flexibility index (Phi) is 16.2. The molecule has 3 radical (unpaired) electrons. The van der Waals surface area contributed by atoms with Gasteiger partial charge in [0, 0.05) is 16.9 Å². The van der Waals surface area contributed by atoms with Crippen LogP contribution in [0.15, 0.2) is 4.99 Å². The smallest absolute Gasteiger partial charge is 0.211 e. The maximum absolute atomic E-state index is 8.88. The molecule has 3 heteroatoms. The highest BCUT2D eigenvalue weighted by Gasteiger charge is 1.29. The molecule has 0 aliphatic rings. The van der Waals surface area contributed by atoms with Gasteiger partial charge < -0.3 is 0 Å². The van der Waals surface area contributed by atoms with E-state index in [0.29, 0.717) is 0 Å². The van der Waals surface area contributed by atoms with Crippen molar-refractivity contribution < 1.29 is 4.79 Å². The fourth-order valence-corrected chi connectivity index (χ4v) is 0. The fraction of sp³-hybridized carbons (Fsp3) is 0.500. The van der Waals surface area contributed by atoms with Crippen LogP contribution in [0.4, 0.5) is 0 Å². The highest BCUT2D eigenvalue weighted by atomic mass is 31.0. The second-order valence-electron chi connectivity index (χ2n) is 0.315. The Bertz CT molecular complexity index is 47.6. The van der Waals surface area contributed by atoms with Crippen LogP contribution in [0.5, 0.6) is 0 Å². The molecule has 0 amide bonds. The van der Waals surface area contributed by atoms with E-state index in [2.05, 4.69) is 4.99 Å². The molecule has 0 spiro atoms. The number of rotatable bonds is 0. The first-order valence-corrected chi connectivity index (χ1v) is 0.875. The Morgan fingerprint density at radius 1 is 1.80 bits per heavy atom. The number of hydrogen-bond donors (Lipinski definition) is 0. The van der Waals surface area contributed by atoms with Gasteiger partial charge in [-0.2, -0.15) is 0 Å². The zero-order valence-electron chi connectivity index (χ0n) is 2.80. The lowest BCUT2D eigenvalue weighted by atomic mass is 11.4. The van der Waals surface area contributed by atoms with E-state index in [1.54, 1.807) is 0 Å². The van der Waals surface area contributed by atoms with Gasteiger partial charge in [0.15, 0.2) is 0 Å². The van der Waals surface area contributed by atoms with Crippen LogP contribution in [0.2, 0.25) is 0 Å². The highest BCUT2D eigenvalue weighted by molar-refractivity contribution is 6.92. The van der Waals surface area contributed by atoms with Gasteiger partial charge in [-0.1, -0.05) is 0 Å². The Hall–Kier alpha value is -0.190. The maximum atomic E-state index is 8.88. The van der Waals surface area contributed by atoms with E-state index in [1.807, 2.05) is 0 Å². The highest BCUT2D eigenvalue weighted by Crippen LogP contribution is 1.28. The second kappa shape index (κ2) is 9.18. The van der Waals surface area contributed by atoms with Crippen molar-refractivity contribution >= 4 is 16.0 Å². The minimum absolute atomic E-state index is 0. The Morgan fingerprint density at radius 2 is 2.00 bits per heavy atom. The average molecular weight is 88.0 g/mol. The summed E-state index contributed by atoms with van der Waals surface area (Å²) in [6.07, 6.45) is 1.31. The van der Waals surface area contributed by atoms with E-state index in [1.165, 1.54) is 13.1 Å². The molecule has 0 atom stereocenters. The van der Waals surface area contributed by atoms with Crippen LogP contribution >= 0.6 is 9.90 Å². The molecular weight excluding hydrogens is 85.0 g/mol. The lowest BCUT2D eigenvalue weighted by Gasteiger charge is -1.36. The average Bonchev–Trinajstić information content (AvgIpc) is 1.37. The van der Waals surface area contributed by atoms with Crippen molar-refractivity contribution in [2.45, 2.75) is 0 Å². The lowest BCUT2D eigenvalue weighted by molar-refractivity contribution is 0.564. The van der Waals surface area contributed by atoms with Crippen molar-refractivity contribution in [2.75, 3.05) is 7.05 Å². The topological polar surface area (TPSA) is 29.4 Å². The molecule has 0 bridgehead atoms. The predicted molar refractivity (Wildman–Crippen MR) is 21.0 cm³/mol. The maximum Gasteiger partial charge on any atom is 0.234 e. The molecule has 0 aliphatic heterocycles. The van der Waals surface area contributed by atoms with Crippen LogP contribution < -0.4 is 0 Å². The van der Waals surface area contributed by atoms with E-state index in [0.717, 1.165) is 0 Å². The van der Waals surface area contributed by atoms with E-state index in [4.69, 9.17) is 4.79 Å². The van der Waals surface area contributed by atoms with Crippen LogP contribution in [0.3, 0.4) is 0 Å². The molecule has 0 rings (SSSR count). The van der Waals surface area contributed by atoms with Crippen LogP contribution in [0, 0.1) is 0 Å². The number of nitrogens with zero attached hydrogens (tertiary/aromatic N) is 1. The van der Waals surface area contributed by atoms with Crippen molar-refractivity contribution in [1.29, 1.82) is 0 Å². The van der Waals surface area contributed by atoms with Gasteiger partial charge in [-0.05, 0) is 0 Å². The zero-order chi connectivity index (χ0) is 3.41. The van der Waals surface area contributed by atoms with Crippen LogP contribution in [-0.4, -0.2) is 13.1 Å². The van der Waals surface area contributed by atoms with Crippen molar-refractivity contribution in [3.63, 3.8) is 0 Å². The van der Waals surface area contributed by atoms with E-state index >= 15 is 0 Å². The van der Waals surface area contributed by atoms with Crippen LogP contribution in [0.25, 0.3) is 0 Å². The third-order valence-electron chi connectivity index (χ3n) is 0.0913. The van der Waals surface area contributed by atoms with Crippen molar-refractivity contribution in [3.8, 4) is 0 Å². The molecule has 0 aromatic heterocycles. The summed E-state index contributed by atoms with van der Waals surface area (Å²) < 4.78 is 0. The quantitative estimate of drug-likeness (QED) is 0.245. The van der Waals surface area contributed by atoms with Gasteiger partial charge in [-0.15, -0.1) is 0 Å². The molecule has 0 aliphatic carbocycles. The van der Waals surface area contributed by atoms with Gasteiger partial charge in [0.1, 0.15) is 0 Å². The van der Waals surface area contributed by atoms with Crippen molar-refractivity contribution in [1.82, 2.24) is 0 Å². The number of aliphatic imine (C=N–C) groups is 1. The molecule has 0 aromatic carbocycles. The monoisotopic (exact) mass is 88.0 g/mol. The molecule has 27 valence electrons. The summed E-state index contributed by atoms with van der Waals surface area (Å²) in [5, 5.41) is 0. The molecule has 0 unspecified atom stereocenters. The van der Waals surface area contributed by atoms with Crippen LogP contribution in [0.1, 0.15) is 0 Å². The third-order valence-corrected chi connectivity index (χ3v) is 0.0913. The summed E-state index contributed by atoms with van der Waals surface area (Å²) in [7, 11) is 1.38. The first kappa shape index (κ1) is 8.84. The summed E-state index contributed by atoms with van der Waals surface area (Å²) in [6, 6.07) is 0. The molecule has 0 N–H and O–H groups in total. The Morgan fingerprint density at radius 3 is 2.00 bits per heavy atom. The molecule has 0 heterocycles.